The molecule has 6 heteroatoms. The molecule has 1 atom stereocenters. The molecule has 1 aromatic rings. The van der Waals surface area contributed by atoms with Crippen LogP contribution in [0.1, 0.15) is 45.1 Å². The zero-order chi connectivity index (χ0) is 20.9. The smallest absolute Gasteiger partial charge is 0.161 e. The highest BCUT2D eigenvalue weighted by Crippen LogP contribution is 2.28. The molecule has 2 N–H and O–H groups in total. The van der Waals surface area contributed by atoms with E-state index >= 15 is 0 Å². The first-order valence-electron chi connectivity index (χ1n) is 11.3. The van der Waals surface area contributed by atoms with E-state index in [1.165, 1.54) is 31.2 Å². The summed E-state index contributed by atoms with van der Waals surface area (Å²) in [4.78, 5) is 4.76. The monoisotopic (exact) mass is 407 g/mol. The number of ether oxygens (including phenoxy) is 2. The third kappa shape index (κ3) is 8.91. The topological polar surface area (TPSA) is 57.2 Å². The van der Waals surface area contributed by atoms with Crippen molar-refractivity contribution in [3.05, 3.63) is 23.8 Å². The van der Waals surface area contributed by atoms with E-state index < -0.39 is 6.10 Å². The lowest BCUT2D eigenvalue weighted by Gasteiger charge is -2.23. The number of hydrogen-bond acceptors (Lipinski definition) is 6. The molecule has 0 radical (unpaired) electrons. The zero-order valence-electron chi connectivity index (χ0n) is 18.7. The Balaban J connectivity index is 1.77. The predicted molar refractivity (Wildman–Crippen MR) is 119 cm³/mol. The van der Waals surface area contributed by atoms with Gasteiger partial charge in [0.2, 0.25) is 0 Å². The van der Waals surface area contributed by atoms with Crippen molar-refractivity contribution in [3.63, 3.8) is 0 Å². The van der Waals surface area contributed by atoms with Crippen LogP contribution in [-0.4, -0.2) is 80.5 Å². The number of benzene rings is 1. The molecule has 29 heavy (non-hydrogen) atoms. The number of likely N-dealkylation sites (tertiary alicyclic amines) is 1. The van der Waals surface area contributed by atoms with Crippen molar-refractivity contribution in [3.8, 4) is 11.5 Å². The van der Waals surface area contributed by atoms with E-state index in [4.69, 9.17) is 9.47 Å². The number of methoxy groups -OCH3 is 1. The van der Waals surface area contributed by atoms with Crippen molar-refractivity contribution in [2.24, 2.45) is 0 Å². The molecule has 1 aliphatic rings. The van der Waals surface area contributed by atoms with E-state index in [1.54, 1.807) is 7.11 Å². The van der Waals surface area contributed by atoms with Gasteiger partial charge in [-0.05, 0) is 56.7 Å². The third-order valence-electron chi connectivity index (χ3n) is 5.66. The number of rotatable bonds is 13. The molecule has 1 saturated heterocycles. The van der Waals surface area contributed by atoms with Crippen LogP contribution < -0.4 is 14.8 Å². The number of nitrogens with one attached hydrogen (secondary N) is 1. The number of β-amino-alcohol motifs (C(OH)–C–C–N with tert-alkyl or cyclic N) is 1. The maximum absolute atomic E-state index is 10.4. The van der Waals surface area contributed by atoms with E-state index in [0.29, 0.717) is 12.3 Å². The molecule has 0 saturated carbocycles. The van der Waals surface area contributed by atoms with E-state index in [2.05, 4.69) is 35.0 Å². The molecule has 0 aromatic heterocycles. The Morgan fingerprint density at radius 3 is 2.48 bits per heavy atom. The van der Waals surface area contributed by atoms with Crippen LogP contribution in [0.4, 0.5) is 0 Å². The molecule has 1 unspecified atom stereocenters. The molecule has 6 nitrogen and oxygen atoms in total. The minimum absolute atomic E-state index is 0.286. The van der Waals surface area contributed by atoms with Crippen LogP contribution in [0.3, 0.4) is 0 Å². The largest absolute Gasteiger partial charge is 0.493 e. The fourth-order valence-corrected chi connectivity index (χ4v) is 3.81. The number of likely N-dealkylation sites (N-methyl/N-ethyl adjacent to an activating group) is 1. The molecule has 2 rings (SSSR count). The van der Waals surface area contributed by atoms with Crippen LogP contribution in [0.2, 0.25) is 0 Å². The number of nitrogens with zero attached hydrogens (tertiary/aromatic N) is 2. The SMILES string of the molecule is CCN(CC)CCNCc1ccc(OCC(O)CN2CCCCCC2)c(OC)c1. The maximum Gasteiger partial charge on any atom is 0.161 e. The minimum Gasteiger partial charge on any atom is -0.493 e. The highest BCUT2D eigenvalue weighted by molar-refractivity contribution is 5.43. The minimum atomic E-state index is -0.487. The first kappa shape index (κ1) is 23.9. The summed E-state index contributed by atoms with van der Waals surface area (Å²) in [5, 5.41) is 13.9. The molecular formula is C23H41N3O3. The molecule has 0 spiro atoms. The average Bonchev–Trinajstić information content (AvgIpc) is 3.01. The summed E-state index contributed by atoms with van der Waals surface area (Å²) in [6, 6.07) is 6.02. The summed E-state index contributed by atoms with van der Waals surface area (Å²) in [5.41, 5.74) is 1.17. The van der Waals surface area contributed by atoms with Gasteiger partial charge < -0.3 is 29.7 Å². The number of aliphatic hydroxyl groups excluding tert-OH is 1. The molecule has 1 aromatic carbocycles. The van der Waals surface area contributed by atoms with Gasteiger partial charge in [-0.1, -0.05) is 32.8 Å². The van der Waals surface area contributed by atoms with Crippen LogP contribution in [0.15, 0.2) is 18.2 Å². The van der Waals surface area contributed by atoms with Crippen LogP contribution in [0.25, 0.3) is 0 Å². The van der Waals surface area contributed by atoms with Crippen molar-refractivity contribution < 1.29 is 14.6 Å². The van der Waals surface area contributed by atoms with Crippen LogP contribution in [0, 0.1) is 0 Å². The first-order chi connectivity index (χ1) is 14.2. The van der Waals surface area contributed by atoms with Crippen LogP contribution in [-0.2, 0) is 6.54 Å². The van der Waals surface area contributed by atoms with Gasteiger partial charge in [-0.2, -0.15) is 0 Å². The Morgan fingerprint density at radius 2 is 1.83 bits per heavy atom. The van der Waals surface area contributed by atoms with E-state index in [-0.39, 0.29) is 6.61 Å². The summed E-state index contributed by atoms with van der Waals surface area (Å²) in [7, 11) is 1.66. The summed E-state index contributed by atoms with van der Waals surface area (Å²) < 4.78 is 11.4. The molecule has 0 amide bonds. The van der Waals surface area contributed by atoms with Gasteiger partial charge in [-0.15, -0.1) is 0 Å². The van der Waals surface area contributed by atoms with E-state index in [1.807, 2.05) is 12.1 Å². The summed E-state index contributed by atoms with van der Waals surface area (Å²) in [5.74, 6) is 1.41. The zero-order valence-corrected chi connectivity index (χ0v) is 18.7. The molecule has 1 fully saturated rings. The molecule has 0 aliphatic carbocycles. The Labute approximate surface area is 177 Å². The highest BCUT2D eigenvalue weighted by atomic mass is 16.5. The normalized spacial score (nSPS) is 16.6. The Kier molecular flexibility index (Phi) is 11.4. The van der Waals surface area contributed by atoms with Gasteiger partial charge >= 0.3 is 0 Å². The fraction of sp³-hybridized carbons (Fsp3) is 0.739. The predicted octanol–water partition coefficient (Wildman–Crippen LogP) is 2.74. The Bertz CT molecular complexity index is 558. The third-order valence-corrected chi connectivity index (χ3v) is 5.66. The van der Waals surface area contributed by atoms with Crippen LogP contribution >= 0.6 is 0 Å². The maximum atomic E-state index is 10.4. The number of aliphatic hydroxyl groups is 1. The second-order valence-corrected chi connectivity index (χ2v) is 7.87. The van der Waals surface area contributed by atoms with Crippen LogP contribution in [0.5, 0.6) is 11.5 Å². The van der Waals surface area contributed by atoms with Gasteiger partial charge in [0.15, 0.2) is 11.5 Å². The van der Waals surface area contributed by atoms with Crippen molar-refractivity contribution in [1.29, 1.82) is 0 Å². The van der Waals surface area contributed by atoms with Crippen molar-refractivity contribution in [2.75, 3.05) is 59.5 Å². The van der Waals surface area contributed by atoms with Gasteiger partial charge in [0, 0.05) is 26.2 Å². The van der Waals surface area contributed by atoms with E-state index in [0.717, 1.165) is 51.6 Å². The van der Waals surface area contributed by atoms with Crippen molar-refractivity contribution in [2.45, 2.75) is 52.2 Å². The lowest BCUT2D eigenvalue weighted by Crippen LogP contribution is -2.36. The van der Waals surface area contributed by atoms with Gasteiger partial charge in [0.25, 0.3) is 0 Å². The highest BCUT2D eigenvalue weighted by Gasteiger charge is 2.15. The summed E-state index contributed by atoms with van der Waals surface area (Å²) in [6.45, 7) is 12.5. The average molecular weight is 408 g/mol. The summed E-state index contributed by atoms with van der Waals surface area (Å²) >= 11 is 0. The Hall–Kier alpha value is -1.34. The molecule has 1 aliphatic heterocycles. The fourth-order valence-electron chi connectivity index (χ4n) is 3.81. The van der Waals surface area contributed by atoms with Gasteiger partial charge in [-0.3, -0.25) is 0 Å². The van der Waals surface area contributed by atoms with Crippen molar-refractivity contribution in [1.82, 2.24) is 15.1 Å². The lowest BCUT2D eigenvalue weighted by molar-refractivity contribution is 0.0683. The van der Waals surface area contributed by atoms with E-state index in [9.17, 15) is 5.11 Å². The first-order valence-corrected chi connectivity index (χ1v) is 11.3. The molecule has 1 heterocycles. The van der Waals surface area contributed by atoms with Crippen molar-refractivity contribution >= 4 is 0 Å². The second kappa shape index (κ2) is 13.8. The molecule has 166 valence electrons. The second-order valence-electron chi connectivity index (χ2n) is 7.87. The molecule has 0 bridgehead atoms. The molecular weight excluding hydrogens is 366 g/mol. The van der Waals surface area contributed by atoms with Gasteiger partial charge in [-0.25, -0.2) is 0 Å². The lowest BCUT2D eigenvalue weighted by atomic mass is 10.2. The van der Waals surface area contributed by atoms with Gasteiger partial charge in [0.1, 0.15) is 12.7 Å². The number of hydrogen-bond donors (Lipinski definition) is 2. The standard InChI is InChI=1S/C23H41N3O3/c1-4-25(5-2)15-12-24-17-20-10-11-22(23(16-20)28-3)29-19-21(27)18-26-13-8-6-7-9-14-26/h10-11,16,21,24,27H,4-9,12-15,17-19H2,1-3H3. The summed E-state index contributed by atoms with van der Waals surface area (Å²) in [6.07, 6.45) is 4.57. The van der Waals surface area contributed by atoms with Gasteiger partial charge in [0.05, 0.1) is 7.11 Å². The Morgan fingerprint density at radius 1 is 1.10 bits per heavy atom. The quantitative estimate of drug-likeness (QED) is 0.491.